The van der Waals surface area contributed by atoms with Gasteiger partial charge >= 0.3 is 5.97 Å². The van der Waals surface area contributed by atoms with Crippen LogP contribution < -0.4 is 4.74 Å². The van der Waals surface area contributed by atoms with Gasteiger partial charge in [-0.1, -0.05) is 41.4 Å². The number of nitrogens with zero attached hydrogens (tertiary/aromatic N) is 1. The number of halogens is 2. The standard InChI is InChI=1S/C15H9Cl2NO5S/c16-13-9(5-6-10(14(13)17)23-7-12(19)20)15-8-3-1-2-4-11(8)24(21,22)18-15/h1-6H,7H2,(H,19,20). The highest BCUT2D eigenvalue weighted by Gasteiger charge is 2.30. The summed E-state index contributed by atoms with van der Waals surface area (Å²) >= 11 is 12.3. The molecule has 0 fully saturated rings. The monoisotopic (exact) mass is 385 g/mol. The van der Waals surface area contributed by atoms with Crippen LogP contribution in [0.1, 0.15) is 11.1 Å². The van der Waals surface area contributed by atoms with Gasteiger partial charge in [0, 0.05) is 11.1 Å². The van der Waals surface area contributed by atoms with Crippen molar-refractivity contribution in [1.82, 2.24) is 0 Å². The third-order valence-corrected chi connectivity index (χ3v) is 5.48. The molecule has 0 unspecified atom stereocenters. The molecular weight excluding hydrogens is 377 g/mol. The van der Waals surface area contributed by atoms with Crippen LogP contribution in [0.25, 0.3) is 0 Å². The SMILES string of the molecule is O=C(O)COc1ccc(C2=NS(=O)(=O)c3ccccc32)c(Cl)c1Cl. The van der Waals surface area contributed by atoms with Gasteiger partial charge in [-0.3, -0.25) is 0 Å². The molecule has 6 nitrogen and oxygen atoms in total. The van der Waals surface area contributed by atoms with E-state index in [1.54, 1.807) is 18.2 Å². The minimum absolute atomic E-state index is 0.0140. The highest BCUT2D eigenvalue weighted by atomic mass is 35.5. The maximum absolute atomic E-state index is 12.1. The van der Waals surface area contributed by atoms with Gasteiger partial charge in [0.25, 0.3) is 10.0 Å². The molecule has 0 spiro atoms. The van der Waals surface area contributed by atoms with Crippen molar-refractivity contribution in [3.8, 4) is 5.75 Å². The summed E-state index contributed by atoms with van der Waals surface area (Å²) in [6.45, 7) is -0.576. The fourth-order valence-corrected chi connectivity index (χ4v) is 3.96. The van der Waals surface area contributed by atoms with Crippen LogP contribution in [-0.4, -0.2) is 31.8 Å². The van der Waals surface area contributed by atoms with E-state index in [0.717, 1.165) is 0 Å². The number of hydrogen-bond acceptors (Lipinski definition) is 4. The number of carboxylic acid groups (broad SMARTS) is 1. The molecule has 0 aromatic heterocycles. The number of sulfonamides is 1. The third kappa shape index (κ3) is 2.86. The van der Waals surface area contributed by atoms with E-state index in [1.165, 1.54) is 18.2 Å². The lowest BCUT2D eigenvalue weighted by Crippen LogP contribution is -2.10. The van der Waals surface area contributed by atoms with Crippen LogP contribution >= 0.6 is 23.2 Å². The van der Waals surface area contributed by atoms with E-state index in [9.17, 15) is 13.2 Å². The molecule has 2 aromatic rings. The van der Waals surface area contributed by atoms with Gasteiger partial charge in [-0.05, 0) is 18.2 Å². The Hall–Kier alpha value is -2.09. The van der Waals surface area contributed by atoms with Crippen molar-refractivity contribution in [2.24, 2.45) is 4.40 Å². The van der Waals surface area contributed by atoms with Gasteiger partial charge < -0.3 is 9.84 Å². The van der Waals surface area contributed by atoms with Crippen molar-refractivity contribution in [2.75, 3.05) is 6.61 Å². The average Bonchev–Trinajstić information content (AvgIpc) is 2.81. The molecule has 0 bridgehead atoms. The second-order valence-electron chi connectivity index (χ2n) is 4.83. The van der Waals surface area contributed by atoms with E-state index in [4.69, 9.17) is 33.0 Å². The Morgan fingerprint density at radius 2 is 1.79 bits per heavy atom. The molecule has 2 aromatic carbocycles. The number of ether oxygens (including phenoxy) is 1. The Morgan fingerprint density at radius 3 is 2.50 bits per heavy atom. The second kappa shape index (κ2) is 6.08. The topological polar surface area (TPSA) is 93.0 Å². The summed E-state index contributed by atoms with van der Waals surface area (Å²) < 4.78 is 33.1. The van der Waals surface area contributed by atoms with Crippen LogP contribution in [0.3, 0.4) is 0 Å². The Balaban J connectivity index is 2.09. The number of rotatable bonds is 4. The van der Waals surface area contributed by atoms with Crippen LogP contribution in [-0.2, 0) is 14.8 Å². The average molecular weight is 386 g/mol. The van der Waals surface area contributed by atoms with E-state index in [-0.39, 0.29) is 26.4 Å². The summed E-state index contributed by atoms with van der Waals surface area (Å²) in [5, 5.41) is 8.66. The van der Waals surface area contributed by atoms with Crippen molar-refractivity contribution >= 4 is 44.9 Å². The molecule has 1 aliphatic rings. The third-order valence-electron chi connectivity index (χ3n) is 3.28. The highest BCUT2D eigenvalue weighted by molar-refractivity contribution is 7.90. The van der Waals surface area contributed by atoms with Gasteiger partial charge in [0.2, 0.25) is 0 Å². The quantitative estimate of drug-likeness (QED) is 0.872. The summed E-state index contributed by atoms with van der Waals surface area (Å²) in [7, 11) is -3.79. The summed E-state index contributed by atoms with van der Waals surface area (Å²) in [6.07, 6.45) is 0. The first-order valence-corrected chi connectivity index (χ1v) is 8.78. The van der Waals surface area contributed by atoms with Crippen LogP contribution in [0.4, 0.5) is 0 Å². The van der Waals surface area contributed by atoms with E-state index in [1.807, 2.05) is 0 Å². The lowest BCUT2D eigenvalue weighted by atomic mass is 10.0. The zero-order valence-electron chi connectivity index (χ0n) is 11.9. The second-order valence-corrected chi connectivity index (χ2v) is 7.16. The zero-order valence-corrected chi connectivity index (χ0v) is 14.2. The number of carbonyl (C=O) groups is 1. The molecule has 24 heavy (non-hydrogen) atoms. The molecular formula is C15H9Cl2NO5S. The molecule has 0 radical (unpaired) electrons. The van der Waals surface area contributed by atoms with Gasteiger partial charge in [-0.2, -0.15) is 12.8 Å². The van der Waals surface area contributed by atoms with Crippen molar-refractivity contribution in [3.05, 3.63) is 57.6 Å². The molecule has 1 heterocycles. The molecule has 0 saturated heterocycles. The van der Waals surface area contributed by atoms with Gasteiger partial charge in [-0.25, -0.2) is 4.79 Å². The smallest absolute Gasteiger partial charge is 0.341 e. The number of aliphatic carboxylic acids is 1. The van der Waals surface area contributed by atoms with Crippen molar-refractivity contribution in [2.45, 2.75) is 4.90 Å². The highest BCUT2D eigenvalue weighted by Crippen LogP contribution is 2.38. The minimum Gasteiger partial charge on any atom is -0.480 e. The molecule has 3 rings (SSSR count). The number of carboxylic acids is 1. The fraction of sp³-hybridized carbons (Fsp3) is 0.0667. The maximum Gasteiger partial charge on any atom is 0.341 e. The fourth-order valence-electron chi connectivity index (χ4n) is 2.27. The first-order chi connectivity index (χ1) is 11.3. The summed E-state index contributed by atoms with van der Waals surface area (Å²) in [5.41, 5.74) is 0.926. The van der Waals surface area contributed by atoms with Crippen molar-refractivity contribution < 1.29 is 23.1 Å². The molecule has 1 N–H and O–H groups in total. The summed E-state index contributed by atoms with van der Waals surface area (Å²) in [6, 6.07) is 9.28. The normalized spacial score (nSPS) is 14.8. The van der Waals surface area contributed by atoms with E-state index in [0.29, 0.717) is 11.1 Å². The zero-order chi connectivity index (χ0) is 17.5. The predicted octanol–water partition coefficient (Wildman–Crippen LogP) is 3.00. The number of benzene rings is 2. The van der Waals surface area contributed by atoms with Gasteiger partial charge in [0.05, 0.1) is 15.6 Å². The van der Waals surface area contributed by atoms with Gasteiger partial charge in [0.15, 0.2) is 6.61 Å². The molecule has 0 amide bonds. The van der Waals surface area contributed by atoms with Crippen molar-refractivity contribution in [3.63, 3.8) is 0 Å². The molecule has 0 saturated carbocycles. The Labute approximate surface area is 147 Å². The molecule has 0 atom stereocenters. The molecule has 1 aliphatic heterocycles. The maximum atomic E-state index is 12.1. The molecule has 0 aliphatic carbocycles. The minimum atomic E-state index is -3.79. The van der Waals surface area contributed by atoms with Crippen LogP contribution in [0, 0.1) is 0 Å². The van der Waals surface area contributed by atoms with Crippen LogP contribution in [0.15, 0.2) is 45.7 Å². The molecule has 124 valence electrons. The molecule has 9 heteroatoms. The Kier molecular flexibility index (Phi) is 4.25. The number of fused-ring (bicyclic) bond motifs is 1. The Bertz CT molecular complexity index is 985. The lowest BCUT2D eigenvalue weighted by molar-refractivity contribution is -0.139. The van der Waals surface area contributed by atoms with Gasteiger partial charge in [-0.15, -0.1) is 0 Å². The lowest BCUT2D eigenvalue weighted by Gasteiger charge is -2.11. The van der Waals surface area contributed by atoms with E-state index >= 15 is 0 Å². The Morgan fingerprint density at radius 1 is 1.08 bits per heavy atom. The van der Waals surface area contributed by atoms with Gasteiger partial charge in [0.1, 0.15) is 10.8 Å². The van der Waals surface area contributed by atoms with Crippen LogP contribution in [0.2, 0.25) is 10.0 Å². The first-order valence-electron chi connectivity index (χ1n) is 6.58. The van der Waals surface area contributed by atoms with E-state index < -0.39 is 22.6 Å². The number of hydrogen-bond donors (Lipinski definition) is 1. The van der Waals surface area contributed by atoms with E-state index in [2.05, 4.69) is 4.40 Å². The largest absolute Gasteiger partial charge is 0.480 e. The first kappa shape index (κ1) is 16.8. The summed E-state index contributed by atoms with van der Waals surface area (Å²) in [4.78, 5) is 10.7. The summed E-state index contributed by atoms with van der Waals surface area (Å²) in [5.74, 6) is -1.07. The van der Waals surface area contributed by atoms with Crippen molar-refractivity contribution in [1.29, 1.82) is 0 Å². The van der Waals surface area contributed by atoms with Crippen LogP contribution in [0.5, 0.6) is 5.75 Å². The predicted molar refractivity (Wildman–Crippen MR) is 88.9 cm³/mol.